The van der Waals surface area contributed by atoms with Gasteiger partial charge in [-0.2, -0.15) is 0 Å². The van der Waals surface area contributed by atoms with E-state index in [1.807, 2.05) is 5.38 Å². The predicted octanol–water partition coefficient (Wildman–Crippen LogP) is 1.41. The van der Waals surface area contributed by atoms with Crippen LogP contribution in [0.15, 0.2) is 35.8 Å². The van der Waals surface area contributed by atoms with Crippen LogP contribution in [0.3, 0.4) is 0 Å². The average molecular weight is 376 g/mol. The lowest BCUT2D eigenvalue weighted by atomic mass is 9.92. The lowest BCUT2D eigenvalue weighted by molar-refractivity contribution is -0.134. The van der Waals surface area contributed by atoms with Crippen molar-refractivity contribution in [2.24, 2.45) is 0 Å². The summed E-state index contributed by atoms with van der Waals surface area (Å²) in [6, 6.07) is 4.65. The predicted molar refractivity (Wildman–Crippen MR) is 92.8 cm³/mol. The lowest BCUT2D eigenvalue weighted by Gasteiger charge is -2.22. The zero-order valence-corrected chi connectivity index (χ0v) is 14.8. The van der Waals surface area contributed by atoms with Crippen LogP contribution in [0.2, 0.25) is 0 Å². The molecule has 1 fully saturated rings. The van der Waals surface area contributed by atoms with Crippen molar-refractivity contribution in [2.45, 2.75) is 18.9 Å². The molecule has 9 heteroatoms. The van der Waals surface area contributed by atoms with Crippen LogP contribution in [0.4, 0.5) is 9.18 Å². The van der Waals surface area contributed by atoms with Crippen molar-refractivity contribution in [1.29, 1.82) is 0 Å². The molecule has 1 aromatic heterocycles. The minimum Gasteiger partial charge on any atom is -0.354 e. The van der Waals surface area contributed by atoms with Crippen molar-refractivity contribution >= 4 is 29.2 Å². The summed E-state index contributed by atoms with van der Waals surface area (Å²) in [5.41, 5.74) is -0.879. The van der Waals surface area contributed by atoms with Gasteiger partial charge in [-0.3, -0.25) is 14.5 Å². The summed E-state index contributed by atoms with van der Waals surface area (Å²) in [5, 5.41) is 7.98. The van der Waals surface area contributed by atoms with E-state index in [0.29, 0.717) is 18.5 Å². The molecule has 4 amide bonds. The Bertz CT molecular complexity index is 825. The normalized spacial score (nSPS) is 19.5. The summed E-state index contributed by atoms with van der Waals surface area (Å²) in [6.45, 7) is 1.52. The van der Waals surface area contributed by atoms with Crippen LogP contribution in [-0.2, 0) is 21.5 Å². The van der Waals surface area contributed by atoms with Crippen LogP contribution in [-0.4, -0.2) is 40.8 Å². The molecule has 1 saturated heterocycles. The van der Waals surface area contributed by atoms with E-state index in [2.05, 4.69) is 15.6 Å². The van der Waals surface area contributed by atoms with Gasteiger partial charge in [-0.15, -0.1) is 11.3 Å². The van der Waals surface area contributed by atoms with Crippen LogP contribution in [0.25, 0.3) is 0 Å². The Kier molecular flexibility index (Phi) is 4.99. The summed E-state index contributed by atoms with van der Waals surface area (Å²) in [4.78, 5) is 41.9. The third-order valence-corrected chi connectivity index (χ3v) is 4.98. The Labute approximate surface area is 153 Å². The fourth-order valence-electron chi connectivity index (χ4n) is 2.70. The molecule has 0 aliphatic carbocycles. The van der Waals surface area contributed by atoms with Gasteiger partial charge in [0.05, 0.1) is 5.01 Å². The largest absolute Gasteiger partial charge is 0.354 e. The van der Waals surface area contributed by atoms with E-state index in [0.717, 1.165) is 9.91 Å². The van der Waals surface area contributed by atoms with E-state index < -0.39 is 29.2 Å². The monoisotopic (exact) mass is 376 g/mol. The van der Waals surface area contributed by atoms with Crippen molar-refractivity contribution in [2.75, 3.05) is 13.1 Å². The van der Waals surface area contributed by atoms with Crippen molar-refractivity contribution in [3.05, 3.63) is 52.2 Å². The zero-order valence-electron chi connectivity index (χ0n) is 14.0. The molecule has 7 nitrogen and oxygen atoms in total. The highest BCUT2D eigenvalue weighted by Gasteiger charge is 2.49. The third-order valence-electron chi connectivity index (χ3n) is 4.14. The van der Waals surface area contributed by atoms with Crippen LogP contribution < -0.4 is 10.6 Å². The average Bonchev–Trinajstić information content (AvgIpc) is 3.19. The minimum absolute atomic E-state index is 0.366. The van der Waals surface area contributed by atoms with Crippen LogP contribution in [0.5, 0.6) is 0 Å². The Balaban J connectivity index is 1.61. The smallest absolute Gasteiger partial charge is 0.325 e. The Morgan fingerprint density at radius 2 is 2.08 bits per heavy atom. The maximum atomic E-state index is 13.1. The molecule has 2 N–H and O–H groups in total. The molecular formula is C17H17FN4O3S. The molecule has 0 spiro atoms. The van der Waals surface area contributed by atoms with Crippen LogP contribution >= 0.6 is 11.3 Å². The molecule has 26 heavy (non-hydrogen) atoms. The molecule has 1 unspecified atom stereocenters. The van der Waals surface area contributed by atoms with Crippen LogP contribution in [0.1, 0.15) is 17.5 Å². The maximum absolute atomic E-state index is 13.1. The van der Waals surface area contributed by atoms with Gasteiger partial charge in [-0.05, 0) is 24.6 Å². The molecule has 1 aliphatic rings. The number of aromatic nitrogens is 1. The Morgan fingerprint density at radius 1 is 1.35 bits per heavy atom. The summed E-state index contributed by atoms with van der Waals surface area (Å²) in [7, 11) is 0. The number of hydrogen-bond acceptors (Lipinski definition) is 5. The van der Waals surface area contributed by atoms with Gasteiger partial charge in [-0.25, -0.2) is 14.2 Å². The molecule has 136 valence electrons. The fraction of sp³-hybridized carbons (Fsp3) is 0.294. The van der Waals surface area contributed by atoms with Crippen LogP contribution in [0, 0.1) is 5.82 Å². The standard InChI is InChI=1S/C17H17FN4O3S/c1-17(11-2-4-12(18)5-3-11)15(24)22(16(25)21-17)10-13(23)19-7-6-14-20-8-9-26-14/h2-5,8-9H,6-7,10H2,1H3,(H,19,23)(H,21,25). The Hall–Kier alpha value is -2.81. The van der Waals surface area contributed by atoms with E-state index >= 15 is 0 Å². The van der Waals surface area contributed by atoms with Gasteiger partial charge in [0.2, 0.25) is 5.91 Å². The number of amides is 4. The maximum Gasteiger partial charge on any atom is 0.325 e. The van der Waals surface area contributed by atoms with Crippen molar-refractivity contribution < 1.29 is 18.8 Å². The Morgan fingerprint density at radius 3 is 2.73 bits per heavy atom. The molecule has 0 saturated carbocycles. The van der Waals surface area contributed by atoms with Gasteiger partial charge in [0.25, 0.3) is 5.91 Å². The molecule has 2 aromatic rings. The lowest BCUT2D eigenvalue weighted by Crippen LogP contribution is -2.43. The molecule has 1 aromatic carbocycles. The van der Waals surface area contributed by atoms with Gasteiger partial charge in [0, 0.05) is 24.5 Å². The zero-order chi connectivity index (χ0) is 18.7. The van der Waals surface area contributed by atoms with E-state index in [9.17, 15) is 18.8 Å². The summed E-state index contributed by atoms with van der Waals surface area (Å²) >= 11 is 1.49. The van der Waals surface area contributed by atoms with Gasteiger partial charge in [0.15, 0.2) is 0 Å². The first-order valence-electron chi connectivity index (χ1n) is 7.95. The van der Waals surface area contributed by atoms with Gasteiger partial charge >= 0.3 is 6.03 Å². The van der Waals surface area contributed by atoms with Gasteiger partial charge in [-0.1, -0.05) is 12.1 Å². The fourth-order valence-corrected chi connectivity index (χ4v) is 3.32. The summed E-state index contributed by atoms with van der Waals surface area (Å²) in [5.74, 6) is -1.43. The summed E-state index contributed by atoms with van der Waals surface area (Å²) < 4.78 is 13.1. The van der Waals surface area contributed by atoms with E-state index in [4.69, 9.17) is 0 Å². The first-order chi connectivity index (χ1) is 12.4. The van der Waals surface area contributed by atoms with Crippen molar-refractivity contribution in [1.82, 2.24) is 20.5 Å². The van der Waals surface area contributed by atoms with Gasteiger partial charge < -0.3 is 10.6 Å². The second-order valence-corrected chi connectivity index (χ2v) is 6.96. The first-order valence-corrected chi connectivity index (χ1v) is 8.83. The number of halogens is 1. The topological polar surface area (TPSA) is 91.4 Å². The van der Waals surface area contributed by atoms with Crippen molar-refractivity contribution in [3.8, 4) is 0 Å². The molecule has 1 atom stereocenters. The third kappa shape index (κ3) is 3.57. The number of carbonyl (C=O) groups excluding carboxylic acids is 3. The highest BCUT2D eigenvalue weighted by atomic mass is 32.1. The molecule has 0 bridgehead atoms. The number of imide groups is 1. The molecule has 1 aliphatic heterocycles. The minimum atomic E-state index is -1.33. The van der Waals surface area contributed by atoms with Crippen molar-refractivity contribution in [3.63, 3.8) is 0 Å². The highest BCUT2D eigenvalue weighted by Crippen LogP contribution is 2.28. The first kappa shape index (κ1) is 18.0. The summed E-state index contributed by atoms with van der Waals surface area (Å²) in [6.07, 6.45) is 2.27. The quantitative estimate of drug-likeness (QED) is 0.746. The number of rotatable bonds is 6. The molecule has 0 radical (unpaired) electrons. The van der Waals surface area contributed by atoms with E-state index in [1.165, 1.54) is 42.5 Å². The number of nitrogens with zero attached hydrogens (tertiary/aromatic N) is 2. The number of hydrogen-bond donors (Lipinski definition) is 2. The second kappa shape index (κ2) is 7.20. The second-order valence-electron chi connectivity index (χ2n) is 5.98. The molecule has 3 rings (SSSR count). The number of benzene rings is 1. The highest BCUT2D eigenvalue weighted by molar-refractivity contribution is 7.09. The number of urea groups is 1. The number of nitrogens with one attached hydrogen (secondary N) is 2. The van der Waals surface area contributed by atoms with E-state index in [1.54, 1.807) is 6.20 Å². The molecular weight excluding hydrogens is 359 g/mol. The molecule has 2 heterocycles. The van der Waals surface area contributed by atoms with Gasteiger partial charge in [0.1, 0.15) is 17.9 Å². The SMILES string of the molecule is CC1(c2ccc(F)cc2)NC(=O)N(CC(=O)NCCc2nccs2)C1=O. The number of carbonyl (C=O) groups is 3. The van der Waals surface area contributed by atoms with E-state index in [-0.39, 0.29) is 6.54 Å². The number of thiazole rings is 1.